The summed E-state index contributed by atoms with van der Waals surface area (Å²) in [5.74, 6) is 2.33. The van der Waals surface area contributed by atoms with Crippen LogP contribution in [0.5, 0.6) is 0 Å². The molecule has 4 aliphatic rings. The van der Waals surface area contributed by atoms with E-state index in [1.807, 2.05) is 0 Å². The fourth-order valence-electron chi connectivity index (χ4n) is 7.22. The third kappa shape index (κ3) is 2.84. The first-order valence-electron chi connectivity index (χ1n) is 11.6. The van der Waals surface area contributed by atoms with Gasteiger partial charge in [-0.1, -0.05) is 13.0 Å². The van der Waals surface area contributed by atoms with E-state index in [-0.39, 0.29) is 5.41 Å². The van der Waals surface area contributed by atoms with Crippen LogP contribution in [0.15, 0.2) is 18.2 Å². The lowest BCUT2D eigenvalue weighted by atomic mass is 9.55. The molecule has 1 aliphatic heterocycles. The van der Waals surface area contributed by atoms with Gasteiger partial charge in [0.2, 0.25) is 0 Å². The second-order valence-corrected chi connectivity index (χ2v) is 10.5. The fourth-order valence-corrected chi connectivity index (χ4v) is 7.22. The van der Waals surface area contributed by atoms with Crippen molar-refractivity contribution in [1.29, 1.82) is 5.41 Å². The first-order valence-corrected chi connectivity index (χ1v) is 11.6. The smallest absolute Gasteiger partial charge is 0.0369 e. The first kappa shape index (κ1) is 18.7. The maximum absolute atomic E-state index is 8.49. The van der Waals surface area contributed by atoms with Gasteiger partial charge < -0.3 is 15.2 Å². The summed E-state index contributed by atoms with van der Waals surface area (Å²) in [5, 5.41) is 8.49. The van der Waals surface area contributed by atoms with Gasteiger partial charge in [0.05, 0.1) is 0 Å². The Balaban J connectivity index is 1.35. The van der Waals surface area contributed by atoms with E-state index in [4.69, 9.17) is 5.41 Å². The maximum atomic E-state index is 8.49. The largest absolute Gasteiger partial charge is 0.371 e. The van der Waals surface area contributed by atoms with Gasteiger partial charge in [0.25, 0.3) is 0 Å². The lowest BCUT2D eigenvalue weighted by molar-refractivity contribution is 0.0953. The topological polar surface area (TPSA) is 30.3 Å². The number of hydrogen-bond donors (Lipinski definition) is 1. The van der Waals surface area contributed by atoms with E-state index < -0.39 is 0 Å². The molecule has 0 spiro atoms. The van der Waals surface area contributed by atoms with Crippen LogP contribution in [0, 0.1) is 22.7 Å². The summed E-state index contributed by atoms with van der Waals surface area (Å²) in [7, 11) is 4.44. The van der Waals surface area contributed by atoms with Crippen LogP contribution in [-0.2, 0) is 6.42 Å². The summed E-state index contributed by atoms with van der Waals surface area (Å²) in [6.45, 7) is 4.78. The second-order valence-electron chi connectivity index (χ2n) is 10.5. The van der Waals surface area contributed by atoms with Crippen LogP contribution in [0.2, 0.25) is 0 Å². The molecule has 3 aliphatic carbocycles. The first-order chi connectivity index (χ1) is 13.5. The summed E-state index contributed by atoms with van der Waals surface area (Å²) in [6.07, 6.45) is 10.00. The summed E-state index contributed by atoms with van der Waals surface area (Å²) in [4.78, 5) is 5.01. The van der Waals surface area contributed by atoms with Crippen LogP contribution in [0.1, 0.15) is 68.9 Å². The van der Waals surface area contributed by atoms with Crippen molar-refractivity contribution in [2.75, 3.05) is 32.1 Å². The predicted molar refractivity (Wildman–Crippen MR) is 118 cm³/mol. The molecule has 0 radical (unpaired) electrons. The van der Waals surface area contributed by atoms with Crippen molar-refractivity contribution in [3.05, 3.63) is 29.3 Å². The van der Waals surface area contributed by atoms with Gasteiger partial charge in [-0.15, -0.1) is 0 Å². The number of piperidine rings is 1. The summed E-state index contributed by atoms with van der Waals surface area (Å²) >= 11 is 0. The highest BCUT2D eigenvalue weighted by Gasteiger charge is 2.52. The quantitative estimate of drug-likeness (QED) is 0.775. The molecule has 0 amide bonds. The van der Waals surface area contributed by atoms with Crippen molar-refractivity contribution in [1.82, 2.24) is 4.90 Å². The number of nitrogens with zero attached hydrogens (tertiary/aromatic N) is 2. The fraction of sp³-hybridized carbons (Fsp3) is 0.720. The number of fused-ring (bicyclic) bond motifs is 5. The number of aryl methyl sites for hydroxylation is 1. The van der Waals surface area contributed by atoms with Crippen molar-refractivity contribution >= 4 is 11.4 Å². The Morgan fingerprint density at radius 2 is 1.82 bits per heavy atom. The molecule has 1 aromatic carbocycles. The van der Waals surface area contributed by atoms with Crippen molar-refractivity contribution < 1.29 is 0 Å². The van der Waals surface area contributed by atoms with E-state index in [9.17, 15) is 0 Å². The number of nitrogens with one attached hydrogen (secondary N) is 1. The maximum Gasteiger partial charge on any atom is 0.0369 e. The Morgan fingerprint density at radius 1 is 1.04 bits per heavy atom. The van der Waals surface area contributed by atoms with E-state index >= 15 is 0 Å². The minimum absolute atomic E-state index is 0.218. The average Bonchev–Trinajstić information content (AvgIpc) is 3.02. The molecule has 1 N–H and O–H groups in total. The van der Waals surface area contributed by atoms with Gasteiger partial charge in [-0.3, -0.25) is 0 Å². The molecule has 3 fully saturated rings. The SMILES string of the molecule is CN(C)C1CCN(c2ccc3c(c2)CCC2C3CCC3(C)C(=N)CCC23)CC1. The molecule has 0 aromatic heterocycles. The molecule has 2 saturated carbocycles. The van der Waals surface area contributed by atoms with Gasteiger partial charge in [0, 0.05) is 35.9 Å². The molecule has 5 rings (SSSR count). The Labute approximate surface area is 171 Å². The molecule has 1 saturated heterocycles. The van der Waals surface area contributed by atoms with Crippen LogP contribution in [0.4, 0.5) is 5.69 Å². The summed E-state index contributed by atoms with van der Waals surface area (Å²) in [5.41, 5.74) is 6.01. The van der Waals surface area contributed by atoms with Gasteiger partial charge in [0.1, 0.15) is 0 Å². The van der Waals surface area contributed by atoms with Crippen molar-refractivity contribution in [2.24, 2.45) is 17.3 Å². The molecule has 28 heavy (non-hydrogen) atoms. The minimum Gasteiger partial charge on any atom is -0.371 e. The zero-order chi connectivity index (χ0) is 19.5. The van der Waals surface area contributed by atoms with Gasteiger partial charge in [-0.05, 0) is 106 Å². The van der Waals surface area contributed by atoms with Gasteiger partial charge in [-0.25, -0.2) is 0 Å². The summed E-state index contributed by atoms with van der Waals surface area (Å²) in [6, 6.07) is 8.19. The molecule has 1 heterocycles. The van der Waals surface area contributed by atoms with Crippen LogP contribution < -0.4 is 4.90 Å². The summed E-state index contributed by atoms with van der Waals surface area (Å²) < 4.78 is 0. The van der Waals surface area contributed by atoms with Crippen molar-refractivity contribution in [2.45, 2.75) is 70.3 Å². The van der Waals surface area contributed by atoms with Crippen molar-refractivity contribution in [3.8, 4) is 0 Å². The molecule has 0 bridgehead atoms. The molecular weight excluding hydrogens is 342 g/mol. The Kier molecular flexibility index (Phi) is 4.58. The molecule has 3 heteroatoms. The number of rotatable bonds is 2. The molecule has 1 aromatic rings. The molecule has 4 unspecified atom stereocenters. The van der Waals surface area contributed by atoms with E-state index in [2.05, 4.69) is 49.0 Å². The minimum atomic E-state index is 0.218. The lowest BCUT2D eigenvalue weighted by Gasteiger charge is -2.49. The zero-order valence-corrected chi connectivity index (χ0v) is 18.0. The van der Waals surface area contributed by atoms with E-state index in [0.717, 1.165) is 35.9 Å². The Hall–Kier alpha value is -1.35. The van der Waals surface area contributed by atoms with Gasteiger partial charge in [-0.2, -0.15) is 0 Å². The van der Waals surface area contributed by atoms with E-state index in [1.54, 1.807) is 11.1 Å². The highest BCUT2D eigenvalue weighted by atomic mass is 15.2. The Bertz CT molecular complexity index is 761. The second kappa shape index (κ2) is 6.86. The Morgan fingerprint density at radius 3 is 2.57 bits per heavy atom. The molecule has 152 valence electrons. The van der Waals surface area contributed by atoms with Crippen LogP contribution in [0.3, 0.4) is 0 Å². The van der Waals surface area contributed by atoms with Crippen LogP contribution in [0.25, 0.3) is 0 Å². The number of benzene rings is 1. The molecular formula is C25H37N3. The molecule has 3 nitrogen and oxygen atoms in total. The average molecular weight is 380 g/mol. The van der Waals surface area contributed by atoms with E-state index in [1.165, 1.54) is 63.7 Å². The number of hydrogen-bond acceptors (Lipinski definition) is 3. The highest BCUT2D eigenvalue weighted by Crippen LogP contribution is 2.59. The lowest BCUT2D eigenvalue weighted by Crippen LogP contribution is -2.43. The van der Waals surface area contributed by atoms with Crippen molar-refractivity contribution in [3.63, 3.8) is 0 Å². The normalized spacial score (nSPS) is 35.6. The third-order valence-corrected chi connectivity index (χ3v) is 9.05. The third-order valence-electron chi connectivity index (χ3n) is 9.05. The highest BCUT2D eigenvalue weighted by molar-refractivity contribution is 5.89. The van der Waals surface area contributed by atoms with Crippen LogP contribution in [-0.4, -0.2) is 43.8 Å². The monoisotopic (exact) mass is 379 g/mol. The van der Waals surface area contributed by atoms with Crippen LogP contribution >= 0.6 is 0 Å². The van der Waals surface area contributed by atoms with E-state index in [0.29, 0.717) is 0 Å². The van der Waals surface area contributed by atoms with Gasteiger partial charge in [0.15, 0.2) is 0 Å². The zero-order valence-electron chi connectivity index (χ0n) is 18.0. The standard InChI is InChI=1S/C25H37N3/c1-25-13-10-21-20-7-5-19(28-14-11-18(12-15-28)27(2)3)16-17(20)4-6-22(21)23(25)8-9-24(25)26/h5,7,16,18,21-23,26H,4,6,8-15H2,1-3H3. The molecule has 4 atom stereocenters. The number of anilines is 1. The van der Waals surface area contributed by atoms with Gasteiger partial charge >= 0.3 is 0 Å². The predicted octanol–water partition coefficient (Wildman–Crippen LogP) is 5.09.